The number of aromatic nitrogens is 2. The van der Waals surface area contributed by atoms with Gasteiger partial charge in [-0.2, -0.15) is 0 Å². The number of benzene rings is 1. The van der Waals surface area contributed by atoms with E-state index in [2.05, 4.69) is 9.97 Å². The second kappa shape index (κ2) is 4.14. The summed E-state index contributed by atoms with van der Waals surface area (Å²) in [7, 11) is 0. The van der Waals surface area contributed by atoms with Gasteiger partial charge in [0.05, 0.1) is 11.9 Å². The van der Waals surface area contributed by atoms with Crippen molar-refractivity contribution in [2.45, 2.75) is 11.0 Å². The quantitative estimate of drug-likeness (QED) is 0.566. The zero-order valence-electron chi connectivity index (χ0n) is 8.79. The highest BCUT2D eigenvalue weighted by Crippen LogP contribution is 2.24. The number of nitrogens with zero attached hydrogens (tertiary/aromatic N) is 2. The fourth-order valence-corrected chi connectivity index (χ4v) is 2.09. The van der Waals surface area contributed by atoms with Gasteiger partial charge < -0.3 is 14.6 Å². The number of hydrogen-bond acceptors (Lipinski definition) is 6. The molecular formula is C11H9N3O2S. The maximum absolute atomic E-state index is 5.67. The van der Waals surface area contributed by atoms with Crippen molar-refractivity contribution in [3.05, 3.63) is 36.5 Å². The molecule has 0 saturated carbocycles. The molecular weight excluding hydrogens is 238 g/mol. The Morgan fingerprint density at radius 1 is 1.35 bits per heavy atom. The van der Waals surface area contributed by atoms with Gasteiger partial charge in [-0.05, 0) is 12.1 Å². The van der Waals surface area contributed by atoms with E-state index in [9.17, 15) is 0 Å². The molecule has 2 aromatic heterocycles. The first-order valence-corrected chi connectivity index (χ1v) is 5.97. The van der Waals surface area contributed by atoms with Crippen molar-refractivity contribution in [1.82, 2.24) is 9.97 Å². The summed E-state index contributed by atoms with van der Waals surface area (Å²) in [5, 5.41) is 0.603. The van der Waals surface area contributed by atoms with E-state index >= 15 is 0 Å². The molecule has 2 N–H and O–H groups in total. The summed E-state index contributed by atoms with van der Waals surface area (Å²) >= 11 is 1.43. The average molecular weight is 247 g/mol. The van der Waals surface area contributed by atoms with E-state index in [-0.39, 0.29) is 0 Å². The van der Waals surface area contributed by atoms with Gasteiger partial charge in [-0.1, -0.05) is 11.8 Å². The second-order valence-electron chi connectivity index (χ2n) is 3.42. The van der Waals surface area contributed by atoms with Crippen molar-refractivity contribution in [3.8, 4) is 0 Å². The Morgan fingerprint density at radius 2 is 2.29 bits per heavy atom. The lowest BCUT2D eigenvalue weighted by molar-refractivity contribution is 0.453. The Kier molecular flexibility index (Phi) is 2.49. The number of nitrogen functional groups attached to an aromatic ring is 1. The van der Waals surface area contributed by atoms with E-state index in [1.54, 1.807) is 18.3 Å². The molecule has 0 bridgehead atoms. The van der Waals surface area contributed by atoms with Crippen LogP contribution in [0.5, 0.6) is 0 Å². The lowest BCUT2D eigenvalue weighted by atomic mass is 10.3. The van der Waals surface area contributed by atoms with Crippen LogP contribution in [0.4, 0.5) is 5.69 Å². The lowest BCUT2D eigenvalue weighted by Crippen LogP contribution is -1.81. The summed E-state index contributed by atoms with van der Waals surface area (Å²) in [5.41, 5.74) is 7.84. The van der Waals surface area contributed by atoms with E-state index < -0.39 is 0 Å². The summed E-state index contributed by atoms with van der Waals surface area (Å²) in [4.78, 5) is 8.35. The zero-order valence-corrected chi connectivity index (χ0v) is 9.61. The molecule has 0 atom stereocenters. The predicted octanol–water partition coefficient (Wildman–Crippen LogP) is 2.69. The molecule has 2 heterocycles. The van der Waals surface area contributed by atoms with E-state index in [0.29, 0.717) is 28.1 Å². The SMILES string of the molecule is Nc1ccc2nc(CSc3ncco3)oc2c1. The third-order valence-electron chi connectivity index (χ3n) is 2.19. The third-order valence-corrected chi connectivity index (χ3v) is 3.03. The van der Waals surface area contributed by atoms with Gasteiger partial charge in [-0.25, -0.2) is 9.97 Å². The molecule has 0 saturated heterocycles. The van der Waals surface area contributed by atoms with Crippen molar-refractivity contribution < 1.29 is 8.83 Å². The summed E-state index contributed by atoms with van der Waals surface area (Å²) in [6.45, 7) is 0. The lowest BCUT2D eigenvalue weighted by Gasteiger charge is -1.90. The number of oxazole rings is 2. The van der Waals surface area contributed by atoms with Crippen LogP contribution in [0.1, 0.15) is 5.89 Å². The van der Waals surface area contributed by atoms with E-state index in [0.717, 1.165) is 5.52 Å². The molecule has 0 radical (unpaired) electrons. The summed E-state index contributed by atoms with van der Waals surface area (Å²) < 4.78 is 10.7. The molecule has 0 aliphatic heterocycles. The van der Waals surface area contributed by atoms with Crippen molar-refractivity contribution in [2.24, 2.45) is 0 Å². The molecule has 0 spiro atoms. The van der Waals surface area contributed by atoms with Crippen LogP contribution in [0.25, 0.3) is 11.1 Å². The van der Waals surface area contributed by atoms with E-state index in [1.165, 1.54) is 18.0 Å². The Bertz CT molecular complexity index is 633. The van der Waals surface area contributed by atoms with Gasteiger partial charge in [-0.3, -0.25) is 0 Å². The van der Waals surface area contributed by atoms with Crippen molar-refractivity contribution >= 4 is 28.5 Å². The molecule has 86 valence electrons. The number of anilines is 1. The van der Waals surface area contributed by atoms with Gasteiger partial charge in [-0.15, -0.1) is 0 Å². The fourth-order valence-electron chi connectivity index (χ4n) is 1.46. The second-order valence-corrected chi connectivity index (χ2v) is 4.35. The molecule has 5 nitrogen and oxygen atoms in total. The molecule has 1 aromatic carbocycles. The van der Waals surface area contributed by atoms with Gasteiger partial charge in [0.1, 0.15) is 11.8 Å². The predicted molar refractivity (Wildman–Crippen MR) is 64.5 cm³/mol. The molecule has 6 heteroatoms. The van der Waals surface area contributed by atoms with Gasteiger partial charge in [0, 0.05) is 11.8 Å². The average Bonchev–Trinajstić information content (AvgIpc) is 2.94. The van der Waals surface area contributed by atoms with Crippen LogP contribution in [0.2, 0.25) is 0 Å². The molecule has 3 aromatic rings. The standard InChI is InChI=1S/C11H9N3O2S/c12-7-1-2-8-9(5-7)16-10(14-8)6-17-11-13-3-4-15-11/h1-5H,6,12H2. The topological polar surface area (TPSA) is 78.1 Å². The summed E-state index contributed by atoms with van der Waals surface area (Å²) in [6.07, 6.45) is 3.14. The minimum absolute atomic E-state index is 0.578. The van der Waals surface area contributed by atoms with E-state index in [4.69, 9.17) is 14.6 Å². The molecule has 17 heavy (non-hydrogen) atoms. The Hall–Kier alpha value is -1.95. The first-order chi connectivity index (χ1) is 8.31. The van der Waals surface area contributed by atoms with Gasteiger partial charge in [0.25, 0.3) is 5.22 Å². The minimum atomic E-state index is 0.578. The van der Waals surface area contributed by atoms with Crippen LogP contribution in [0.3, 0.4) is 0 Å². The smallest absolute Gasteiger partial charge is 0.255 e. The van der Waals surface area contributed by atoms with Crippen LogP contribution in [0.15, 0.2) is 44.7 Å². The highest BCUT2D eigenvalue weighted by molar-refractivity contribution is 7.98. The van der Waals surface area contributed by atoms with Crippen molar-refractivity contribution in [2.75, 3.05) is 5.73 Å². The van der Waals surface area contributed by atoms with Crippen LogP contribution in [-0.4, -0.2) is 9.97 Å². The van der Waals surface area contributed by atoms with Gasteiger partial charge in [0.2, 0.25) is 5.89 Å². The fraction of sp³-hybridized carbons (Fsp3) is 0.0909. The van der Waals surface area contributed by atoms with Crippen LogP contribution < -0.4 is 5.73 Å². The molecule has 0 aliphatic carbocycles. The monoisotopic (exact) mass is 247 g/mol. The molecule has 3 rings (SSSR count). The van der Waals surface area contributed by atoms with Crippen molar-refractivity contribution in [1.29, 1.82) is 0 Å². The van der Waals surface area contributed by atoms with Crippen LogP contribution >= 0.6 is 11.8 Å². The summed E-state index contributed by atoms with van der Waals surface area (Å²) in [6, 6.07) is 5.41. The Labute approximate surface area is 101 Å². The third kappa shape index (κ3) is 2.12. The molecule has 0 fully saturated rings. The van der Waals surface area contributed by atoms with Gasteiger partial charge >= 0.3 is 0 Å². The molecule has 0 amide bonds. The molecule has 0 unspecified atom stereocenters. The largest absolute Gasteiger partial charge is 0.440 e. The Balaban J connectivity index is 1.81. The normalized spacial score (nSPS) is 11.1. The number of rotatable bonds is 3. The number of thioether (sulfide) groups is 1. The van der Waals surface area contributed by atoms with Crippen LogP contribution in [-0.2, 0) is 5.75 Å². The zero-order chi connectivity index (χ0) is 11.7. The highest BCUT2D eigenvalue weighted by Gasteiger charge is 2.08. The number of fused-ring (bicyclic) bond motifs is 1. The number of nitrogens with two attached hydrogens (primary N) is 1. The summed E-state index contributed by atoms with van der Waals surface area (Å²) in [5.74, 6) is 1.21. The van der Waals surface area contributed by atoms with Crippen molar-refractivity contribution in [3.63, 3.8) is 0 Å². The molecule has 0 aliphatic rings. The van der Waals surface area contributed by atoms with E-state index in [1.807, 2.05) is 6.07 Å². The first kappa shape index (κ1) is 10.2. The van der Waals surface area contributed by atoms with Gasteiger partial charge in [0.15, 0.2) is 5.58 Å². The Morgan fingerprint density at radius 3 is 3.12 bits per heavy atom. The first-order valence-electron chi connectivity index (χ1n) is 4.98. The minimum Gasteiger partial charge on any atom is -0.440 e. The maximum atomic E-state index is 5.67. The maximum Gasteiger partial charge on any atom is 0.255 e. The number of hydrogen-bond donors (Lipinski definition) is 1. The highest BCUT2D eigenvalue weighted by atomic mass is 32.2. The van der Waals surface area contributed by atoms with Crippen LogP contribution in [0, 0.1) is 0 Å².